The van der Waals surface area contributed by atoms with Crippen LogP contribution in [0.3, 0.4) is 0 Å². The maximum atomic E-state index is 13.6. The molecule has 0 aromatic carbocycles. The molecule has 1 heterocycles. The fourth-order valence-electron chi connectivity index (χ4n) is 1.25. The topological polar surface area (TPSA) is 48.4 Å². The van der Waals surface area contributed by atoms with Gasteiger partial charge in [0.15, 0.2) is 0 Å². The van der Waals surface area contributed by atoms with Crippen molar-refractivity contribution in [3.8, 4) is 0 Å². The van der Waals surface area contributed by atoms with Gasteiger partial charge in [0.2, 0.25) is 5.95 Å². The number of pyridine rings is 1. The van der Waals surface area contributed by atoms with E-state index in [0.717, 1.165) is 7.11 Å². The summed E-state index contributed by atoms with van der Waals surface area (Å²) in [7, 11) is 1.16. The van der Waals surface area contributed by atoms with Gasteiger partial charge in [-0.15, -0.1) is 0 Å². The van der Waals surface area contributed by atoms with Crippen molar-refractivity contribution in [1.29, 1.82) is 0 Å². The Morgan fingerprint density at radius 1 is 1.65 bits per heavy atom. The van der Waals surface area contributed by atoms with Gasteiger partial charge >= 0.3 is 5.97 Å². The lowest BCUT2D eigenvalue weighted by molar-refractivity contribution is 0.0593. The fourth-order valence-corrected chi connectivity index (χ4v) is 1.64. The van der Waals surface area contributed by atoms with Crippen molar-refractivity contribution >= 4 is 27.7 Å². The zero-order valence-corrected chi connectivity index (χ0v) is 11.0. The molecule has 0 radical (unpaired) electrons. The lowest BCUT2D eigenvalue weighted by atomic mass is 10.1. The van der Waals surface area contributed by atoms with Crippen molar-refractivity contribution < 1.29 is 18.7 Å². The second kappa shape index (κ2) is 5.77. The monoisotopic (exact) mass is 303 g/mol. The summed E-state index contributed by atoms with van der Waals surface area (Å²) >= 11 is 3.04. The molecule has 0 bridgehead atoms. The van der Waals surface area contributed by atoms with Crippen molar-refractivity contribution in [1.82, 2.24) is 4.98 Å². The number of hydrogen-bond donors (Lipinski definition) is 0. The molecule has 1 aromatic rings. The number of aromatic nitrogens is 1. The summed E-state index contributed by atoms with van der Waals surface area (Å²) in [5, 5.41) is 0. The standard InChI is InChI=1S/C11H11BrFNO3/c1-4-17-6(2)7-5-8(12)14-10(13)9(7)11(15)16-3/h5H,2,4H2,1,3H3. The summed E-state index contributed by atoms with van der Waals surface area (Å²) in [4.78, 5) is 15.0. The number of carbonyl (C=O) groups excluding carboxylic acids is 1. The normalized spacial score (nSPS) is 9.88. The van der Waals surface area contributed by atoms with Crippen LogP contribution in [0.4, 0.5) is 4.39 Å². The van der Waals surface area contributed by atoms with E-state index in [0.29, 0.717) is 6.61 Å². The Labute approximate surface area is 107 Å². The summed E-state index contributed by atoms with van der Waals surface area (Å²) in [5.74, 6) is -1.56. The first-order chi connectivity index (χ1) is 8.01. The zero-order valence-electron chi connectivity index (χ0n) is 9.42. The third kappa shape index (κ3) is 3.03. The molecule has 0 N–H and O–H groups in total. The quantitative estimate of drug-likeness (QED) is 0.487. The average molecular weight is 304 g/mol. The molecule has 4 nitrogen and oxygen atoms in total. The van der Waals surface area contributed by atoms with Crippen molar-refractivity contribution in [2.75, 3.05) is 13.7 Å². The van der Waals surface area contributed by atoms with E-state index in [1.54, 1.807) is 6.92 Å². The van der Waals surface area contributed by atoms with Crippen molar-refractivity contribution in [2.45, 2.75) is 6.92 Å². The highest BCUT2D eigenvalue weighted by atomic mass is 79.9. The van der Waals surface area contributed by atoms with Gasteiger partial charge < -0.3 is 9.47 Å². The minimum absolute atomic E-state index is 0.190. The molecule has 0 aliphatic heterocycles. The number of rotatable bonds is 4. The second-order valence-electron chi connectivity index (χ2n) is 3.01. The Kier molecular flexibility index (Phi) is 4.62. The van der Waals surface area contributed by atoms with Gasteiger partial charge in [-0.1, -0.05) is 6.58 Å². The molecule has 92 valence electrons. The smallest absolute Gasteiger partial charge is 0.343 e. The van der Waals surface area contributed by atoms with E-state index in [9.17, 15) is 9.18 Å². The van der Waals surface area contributed by atoms with Crippen LogP contribution in [-0.4, -0.2) is 24.7 Å². The van der Waals surface area contributed by atoms with E-state index < -0.39 is 11.9 Å². The second-order valence-corrected chi connectivity index (χ2v) is 3.82. The Hall–Kier alpha value is -1.43. The molecule has 0 aliphatic carbocycles. The first-order valence-electron chi connectivity index (χ1n) is 4.77. The summed E-state index contributed by atoms with van der Waals surface area (Å²) in [6, 6.07) is 1.45. The molecule has 17 heavy (non-hydrogen) atoms. The number of carbonyl (C=O) groups is 1. The zero-order chi connectivity index (χ0) is 13.0. The first-order valence-corrected chi connectivity index (χ1v) is 5.57. The van der Waals surface area contributed by atoms with Gasteiger partial charge in [-0.3, -0.25) is 0 Å². The lowest BCUT2D eigenvalue weighted by Crippen LogP contribution is -2.11. The maximum Gasteiger partial charge on any atom is 0.343 e. The SMILES string of the molecule is C=C(OCC)c1cc(Br)nc(F)c1C(=O)OC. The molecule has 0 atom stereocenters. The van der Waals surface area contributed by atoms with Gasteiger partial charge in [-0.05, 0) is 28.9 Å². The van der Waals surface area contributed by atoms with E-state index in [1.165, 1.54) is 6.07 Å². The van der Waals surface area contributed by atoms with E-state index >= 15 is 0 Å². The van der Waals surface area contributed by atoms with Crippen LogP contribution in [0.1, 0.15) is 22.8 Å². The number of hydrogen-bond acceptors (Lipinski definition) is 4. The molecular weight excluding hydrogens is 293 g/mol. The fraction of sp³-hybridized carbons (Fsp3) is 0.273. The predicted octanol–water partition coefficient (Wildman–Crippen LogP) is 2.78. The molecular formula is C11H11BrFNO3. The summed E-state index contributed by atoms with van der Waals surface area (Å²) in [5.41, 5.74) is -0.0628. The van der Waals surface area contributed by atoms with Crippen LogP contribution in [0.5, 0.6) is 0 Å². The Bertz CT molecular complexity index is 462. The molecule has 1 rings (SSSR count). The van der Waals surface area contributed by atoms with Crippen LogP contribution in [0.15, 0.2) is 17.2 Å². The third-order valence-electron chi connectivity index (χ3n) is 1.95. The minimum Gasteiger partial charge on any atom is -0.494 e. The Morgan fingerprint density at radius 3 is 2.82 bits per heavy atom. The molecule has 0 saturated carbocycles. The molecule has 0 saturated heterocycles. The van der Waals surface area contributed by atoms with Crippen molar-refractivity contribution in [3.63, 3.8) is 0 Å². The number of nitrogens with zero attached hydrogens (tertiary/aromatic N) is 1. The van der Waals surface area contributed by atoms with E-state index in [4.69, 9.17) is 4.74 Å². The van der Waals surface area contributed by atoms with Crippen LogP contribution in [0.25, 0.3) is 5.76 Å². The Balaban J connectivity index is 3.35. The van der Waals surface area contributed by atoms with Gasteiger partial charge in [-0.25, -0.2) is 9.78 Å². The Morgan fingerprint density at radius 2 is 2.29 bits per heavy atom. The van der Waals surface area contributed by atoms with E-state index in [2.05, 4.69) is 32.2 Å². The van der Waals surface area contributed by atoms with Gasteiger partial charge in [0, 0.05) is 5.56 Å². The molecule has 0 fully saturated rings. The summed E-state index contributed by atoms with van der Waals surface area (Å²) in [6.07, 6.45) is 0. The third-order valence-corrected chi connectivity index (χ3v) is 2.36. The van der Waals surface area contributed by atoms with Gasteiger partial charge in [0.25, 0.3) is 0 Å². The van der Waals surface area contributed by atoms with Crippen molar-refractivity contribution in [2.24, 2.45) is 0 Å². The number of methoxy groups -OCH3 is 1. The number of ether oxygens (including phenoxy) is 2. The molecule has 0 aliphatic rings. The highest BCUT2D eigenvalue weighted by Gasteiger charge is 2.22. The first kappa shape index (κ1) is 13.6. The van der Waals surface area contributed by atoms with Gasteiger partial charge in [-0.2, -0.15) is 4.39 Å². The van der Waals surface area contributed by atoms with Crippen LogP contribution < -0.4 is 0 Å². The predicted molar refractivity (Wildman–Crippen MR) is 63.9 cm³/mol. The van der Waals surface area contributed by atoms with Crippen molar-refractivity contribution in [3.05, 3.63) is 34.3 Å². The highest BCUT2D eigenvalue weighted by Crippen LogP contribution is 2.24. The summed E-state index contributed by atoms with van der Waals surface area (Å²) in [6.45, 7) is 5.75. The molecule has 0 unspecified atom stereocenters. The van der Waals surface area contributed by atoms with Crippen LogP contribution in [0.2, 0.25) is 0 Å². The van der Waals surface area contributed by atoms with Crippen LogP contribution >= 0.6 is 15.9 Å². The molecule has 0 spiro atoms. The van der Waals surface area contributed by atoms with Gasteiger partial charge in [0.1, 0.15) is 15.9 Å². The van der Waals surface area contributed by atoms with Crippen LogP contribution in [-0.2, 0) is 9.47 Å². The van der Waals surface area contributed by atoms with E-state index in [-0.39, 0.29) is 21.5 Å². The van der Waals surface area contributed by atoms with Gasteiger partial charge in [0.05, 0.1) is 13.7 Å². The maximum absolute atomic E-state index is 13.6. The minimum atomic E-state index is -0.929. The number of esters is 1. The summed E-state index contributed by atoms with van der Waals surface area (Å²) < 4.78 is 23.5. The molecule has 1 aromatic heterocycles. The van der Waals surface area contributed by atoms with E-state index in [1.807, 2.05) is 0 Å². The average Bonchev–Trinajstić information content (AvgIpc) is 2.27. The highest BCUT2D eigenvalue weighted by molar-refractivity contribution is 9.10. The molecule has 0 amide bonds. The molecule has 6 heteroatoms. The van der Waals surface area contributed by atoms with Crippen LogP contribution in [0, 0.1) is 5.95 Å². The largest absolute Gasteiger partial charge is 0.494 e. The number of halogens is 2. The lowest BCUT2D eigenvalue weighted by Gasteiger charge is -2.11.